The van der Waals surface area contributed by atoms with Crippen LogP contribution >= 0.6 is 0 Å². The van der Waals surface area contributed by atoms with Crippen LogP contribution in [0.25, 0.3) is 0 Å². The monoisotopic (exact) mass is 336 g/mol. The summed E-state index contributed by atoms with van der Waals surface area (Å²) in [7, 11) is 3.17. The maximum Gasteiger partial charge on any atom is 0.239 e. The highest BCUT2D eigenvalue weighted by Gasteiger charge is 2.15. The van der Waals surface area contributed by atoms with Gasteiger partial charge in [0.15, 0.2) is 11.5 Å². The number of hydrogen-bond donors (Lipinski definition) is 1. The summed E-state index contributed by atoms with van der Waals surface area (Å²) in [5.74, 6) is 1.07. The van der Waals surface area contributed by atoms with Crippen molar-refractivity contribution < 1.29 is 19.1 Å². The third-order valence-electron chi connectivity index (χ3n) is 3.92. The molecule has 0 bridgehead atoms. The number of rotatable bonds is 9. The molecule has 1 rings (SSSR count). The molecule has 1 unspecified atom stereocenters. The minimum absolute atomic E-state index is 0.0764. The van der Waals surface area contributed by atoms with Crippen LogP contribution in [-0.2, 0) is 16.0 Å². The van der Waals surface area contributed by atoms with E-state index in [1.54, 1.807) is 19.1 Å². The van der Waals surface area contributed by atoms with E-state index in [2.05, 4.69) is 5.32 Å². The van der Waals surface area contributed by atoms with Crippen molar-refractivity contribution in [2.24, 2.45) is 0 Å². The van der Waals surface area contributed by atoms with Crippen molar-refractivity contribution in [2.45, 2.75) is 39.7 Å². The Morgan fingerprint density at radius 3 is 2.42 bits per heavy atom. The molecule has 134 valence electrons. The van der Waals surface area contributed by atoms with Crippen LogP contribution in [0.15, 0.2) is 18.2 Å². The number of hydrogen-bond acceptors (Lipinski definition) is 4. The Kier molecular flexibility index (Phi) is 8.09. The van der Waals surface area contributed by atoms with E-state index in [4.69, 9.17) is 9.47 Å². The van der Waals surface area contributed by atoms with Crippen LogP contribution in [0.4, 0.5) is 0 Å². The lowest BCUT2D eigenvalue weighted by Gasteiger charge is -2.22. The number of methoxy groups -OCH3 is 2. The number of amides is 2. The molecule has 0 aliphatic rings. The average molecular weight is 336 g/mol. The molecule has 1 aromatic carbocycles. The van der Waals surface area contributed by atoms with Crippen molar-refractivity contribution in [3.8, 4) is 11.5 Å². The van der Waals surface area contributed by atoms with Gasteiger partial charge in [0, 0.05) is 19.5 Å². The summed E-state index contributed by atoms with van der Waals surface area (Å²) in [5.41, 5.74) is 1.02. The molecular formula is C18H28N2O4. The Balaban J connectivity index is 2.67. The maximum absolute atomic E-state index is 12.0. The second-order valence-electron chi connectivity index (χ2n) is 5.76. The Hall–Kier alpha value is -2.24. The first-order valence-electron chi connectivity index (χ1n) is 8.17. The van der Waals surface area contributed by atoms with Gasteiger partial charge in [0.1, 0.15) is 0 Å². The van der Waals surface area contributed by atoms with E-state index < -0.39 is 0 Å². The van der Waals surface area contributed by atoms with Crippen LogP contribution in [0.5, 0.6) is 11.5 Å². The predicted molar refractivity (Wildman–Crippen MR) is 93.4 cm³/mol. The molecule has 0 aliphatic heterocycles. The van der Waals surface area contributed by atoms with Crippen LogP contribution in [0.1, 0.15) is 32.8 Å². The van der Waals surface area contributed by atoms with Crippen molar-refractivity contribution in [3.63, 3.8) is 0 Å². The molecule has 6 nitrogen and oxygen atoms in total. The summed E-state index contributed by atoms with van der Waals surface area (Å²) < 4.78 is 10.5. The van der Waals surface area contributed by atoms with Crippen molar-refractivity contribution in [1.29, 1.82) is 0 Å². The molecule has 0 aliphatic carbocycles. The molecule has 0 aromatic heterocycles. The summed E-state index contributed by atoms with van der Waals surface area (Å²) >= 11 is 0. The van der Waals surface area contributed by atoms with E-state index >= 15 is 0 Å². The number of ether oxygens (including phenoxy) is 2. The van der Waals surface area contributed by atoms with Gasteiger partial charge >= 0.3 is 0 Å². The van der Waals surface area contributed by atoms with Crippen LogP contribution in [0.2, 0.25) is 0 Å². The predicted octanol–water partition coefficient (Wildman–Crippen LogP) is 2.01. The van der Waals surface area contributed by atoms with Crippen molar-refractivity contribution in [1.82, 2.24) is 10.2 Å². The van der Waals surface area contributed by atoms with E-state index in [1.165, 1.54) is 6.92 Å². The molecule has 1 atom stereocenters. The first-order chi connectivity index (χ1) is 11.4. The number of benzene rings is 1. The molecule has 0 heterocycles. The molecule has 0 spiro atoms. The topological polar surface area (TPSA) is 67.9 Å². The maximum atomic E-state index is 12.0. The molecule has 2 amide bonds. The van der Waals surface area contributed by atoms with Gasteiger partial charge in [-0.3, -0.25) is 9.59 Å². The van der Waals surface area contributed by atoms with E-state index in [0.717, 1.165) is 12.0 Å². The van der Waals surface area contributed by atoms with E-state index in [9.17, 15) is 9.59 Å². The van der Waals surface area contributed by atoms with Gasteiger partial charge in [-0.15, -0.1) is 0 Å². The number of nitrogens with zero attached hydrogens (tertiary/aromatic N) is 1. The number of carbonyl (C=O) groups excluding carboxylic acids is 2. The molecule has 6 heteroatoms. The largest absolute Gasteiger partial charge is 0.493 e. The molecular weight excluding hydrogens is 308 g/mol. The molecule has 0 fully saturated rings. The number of nitrogens with one attached hydrogen (secondary N) is 1. The van der Waals surface area contributed by atoms with Gasteiger partial charge in [-0.05, 0) is 37.5 Å². The Morgan fingerprint density at radius 1 is 1.21 bits per heavy atom. The van der Waals surface area contributed by atoms with Gasteiger partial charge in [-0.25, -0.2) is 0 Å². The first kappa shape index (κ1) is 19.8. The zero-order valence-electron chi connectivity index (χ0n) is 15.2. The first-order valence-corrected chi connectivity index (χ1v) is 8.17. The molecule has 0 radical (unpaired) electrons. The zero-order chi connectivity index (χ0) is 18.1. The van der Waals surface area contributed by atoms with Crippen LogP contribution in [-0.4, -0.2) is 50.1 Å². The van der Waals surface area contributed by atoms with Gasteiger partial charge in [0.25, 0.3) is 0 Å². The summed E-state index contributed by atoms with van der Waals surface area (Å²) in [4.78, 5) is 25.3. The standard InChI is InChI=1S/C18H28N2O4/c1-6-13(2)19-18(22)12-20(14(3)21)10-9-15-7-8-16(23-4)17(11-15)24-5/h7-8,11,13H,6,9-10,12H2,1-5H3,(H,19,22). The minimum atomic E-state index is -0.133. The lowest BCUT2D eigenvalue weighted by Crippen LogP contribution is -2.43. The molecule has 0 saturated carbocycles. The minimum Gasteiger partial charge on any atom is -0.493 e. The van der Waals surface area contributed by atoms with Crippen LogP contribution < -0.4 is 14.8 Å². The van der Waals surface area contributed by atoms with Crippen molar-refractivity contribution in [3.05, 3.63) is 23.8 Å². The van der Waals surface area contributed by atoms with Gasteiger partial charge in [-0.2, -0.15) is 0 Å². The lowest BCUT2D eigenvalue weighted by atomic mass is 10.1. The van der Waals surface area contributed by atoms with E-state index in [0.29, 0.717) is 24.5 Å². The molecule has 1 aromatic rings. The fourth-order valence-electron chi connectivity index (χ4n) is 2.24. The summed E-state index contributed by atoms with van der Waals surface area (Å²) in [6.45, 7) is 5.97. The van der Waals surface area contributed by atoms with Crippen molar-refractivity contribution >= 4 is 11.8 Å². The van der Waals surface area contributed by atoms with Gasteiger partial charge in [-0.1, -0.05) is 13.0 Å². The highest BCUT2D eigenvalue weighted by Crippen LogP contribution is 2.27. The third kappa shape index (κ3) is 6.10. The molecule has 1 N–H and O–H groups in total. The van der Waals surface area contributed by atoms with Gasteiger partial charge in [0.2, 0.25) is 11.8 Å². The summed E-state index contributed by atoms with van der Waals surface area (Å²) in [5, 5.41) is 2.88. The Morgan fingerprint density at radius 2 is 1.88 bits per heavy atom. The average Bonchev–Trinajstić information content (AvgIpc) is 2.57. The Labute approximate surface area is 144 Å². The normalized spacial score (nSPS) is 11.5. The zero-order valence-corrected chi connectivity index (χ0v) is 15.2. The molecule has 24 heavy (non-hydrogen) atoms. The van der Waals surface area contributed by atoms with Gasteiger partial charge < -0.3 is 19.7 Å². The Bertz CT molecular complexity index is 560. The highest BCUT2D eigenvalue weighted by atomic mass is 16.5. The lowest BCUT2D eigenvalue weighted by molar-refractivity contribution is -0.134. The second kappa shape index (κ2) is 9.80. The molecule has 0 saturated heterocycles. The fraction of sp³-hybridized carbons (Fsp3) is 0.556. The second-order valence-corrected chi connectivity index (χ2v) is 5.76. The van der Waals surface area contributed by atoms with E-state index in [-0.39, 0.29) is 24.4 Å². The van der Waals surface area contributed by atoms with E-state index in [1.807, 2.05) is 32.0 Å². The highest BCUT2D eigenvalue weighted by molar-refractivity contribution is 5.83. The SMILES string of the molecule is CCC(C)NC(=O)CN(CCc1ccc(OC)c(OC)c1)C(C)=O. The summed E-state index contributed by atoms with van der Waals surface area (Å²) in [6.07, 6.45) is 1.49. The smallest absolute Gasteiger partial charge is 0.239 e. The van der Waals surface area contributed by atoms with Crippen LogP contribution in [0, 0.1) is 0 Å². The summed E-state index contributed by atoms with van der Waals surface area (Å²) in [6, 6.07) is 5.76. The van der Waals surface area contributed by atoms with Gasteiger partial charge in [0.05, 0.1) is 20.8 Å². The fourth-order valence-corrected chi connectivity index (χ4v) is 2.24. The third-order valence-corrected chi connectivity index (χ3v) is 3.92. The number of carbonyl (C=O) groups is 2. The van der Waals surface area contributed by atoms with Crippen molar-refractivity contribution in [2.75, 3.05) is 27.3 Å². The van der Waals surface area contributed by atoms with Crippen LogP contribution in [0.3, 0.4) is 0 Å². The quantitative estimate of drug-likeness (QED) is 0.749.